The van der Waals surface area contributed by atoms with Gasteiger partial charge in [-0.1, -0.05) is 57.2 Å². The van der Waals surface area contributed by atoms with E-state index in [-0.39, 0.29) is 5.04 Å². The van der Waals surface area contributed by atoms with Gasteiger partial charge in [-0.25, -0.2) is 0 Å². The number of allylic oxidation sites excluding steroid dienone is 1. The molecule has 0 aliphatic heterocycles. The maximum atomic E-state index is 6.52. The molecule has 2 nitrogen and oxygen atoms in total. The molecule has 1 aromatic rings. The van der Waals surface area contributed by atoms with Crippen LogP contribution in [0.2, 0.25) is 18.1 Å². The van der Waals surface area contributed by atoms with Crippen molar-refractivity contribution in [1.29, 1.82) is 0 Å². The largest absolute Gasteiger partial charge is 0.532 e. The molecule has 0 unspecified atom stereocenters. The first-order chi connectivity index (χ1) is 10.2. The molecular weight excluding hydrogens is 286 g/mol. The predicted octanol–water partition coefficient (Wildman–Crippen LogP) is 5.56. The molecule has 0 N–H and O–H groups in total. The number of nitrogens with zero attached hydrogens (tertiary/aromatic N) is 1. The van der Waals surface area contributed by atoms with Gasteiger partial charge in [0.15, 0.2) is 5.88 Å². The molecule has 0 aromatic heterocycles. The number of benzene rings is 1. The van der Waals surface area contributed by atoms with Crippen LogP contribution < -0.4 is 0 Å². The van der Waals surface area contributed by atoms with Gasteiger partial charge >= 0.3 is 0 Å². The van der Waals surface area contributed by atoms with Crippen molar-refractivity contribution >= 4 is 8.32 Å². The molecule has 22 heavy (non-hydrogen) atoms. The lowest BCUT2D eigenvalue weighted by molar-refractivity contribution is 0.210. The third-order valence-electron chi connectivity index (χ3n) is 4.29. The van der Waals surface area contributed by atoms with E-state index in [0.717, 1.165) is 19.0 Å². The van der Waals surface area contributed by atoms with Crippen LogP contribution in [0.25, 0.3) is 0 Å². The van der Waals surface area contributed by atoms with E-state index < -0.39 is 8.32 Å². The summed E-state index contributed by atoms with van der Waals surface area (Å²) in [4.78, 5) is 2.25. The Kier molecular flexibility index (Phi) is 6.48. The number of hydrogen-bond acceptors (Lipinski definition) is 2. The molecule has 0 heterocycles. The van der Waals surface area contributed by atoms with Crippen LogP contribution >= 0.6 is 0 Å². The van der Waals surface area contributed by atoms with Crippen molar-refractivity contribution in [2.75, 3.05) is 6.54 Å². The van der Waals surface area contributed by atoms with Gasteiger partial charge in [0.25, 0.3) is 8.32 Å². The highest BCUT2D eigenvalue weighted by Crippen LogP contribution is 2.38. The molecule has 0 aliphatic rings. The van der Waals surface area contributed by atoms with Crippen molar-refractivity contribution in [2.45, 2.75) is 52.4 Å². The highest BCUT2D eigenvalue weighted by atomic mass is 28.4. The monoisotopic (exact) mass is 317 g/mol. The fraction of sp³-hybridized carbons (Fsp3) is 0.474. The van der Waals surface area contributed by atoms with Gasteiger partial charge in [0, 0.05) is 13.1 Å². The molecule has 1 rings (SSSR count). The van der Waals surface area contributed by atoms with E-state index >= 15 is 0 Å². The van der Waals surface area contributed by atoms with Gasteiger partial charge in [0.05, 0.1) is 0 Å². The number of hydrogen-bond donors (Lipinski definition) is 0. The Hall–Kier alpha value is -1.48. The fourth-order valence-electron chi connectivity index (χ4n) is 1.91. The van der Waals surface area contributed by atoms with E-state index in [1.807, 2.05) is 19.1 Å². The molecule has 0 saturated carbocycles. The van der Waals surface area contributed by atoms with Crippen LogP contribution in [0.3, 0.4) is 0 Å². The second-order valence-corrected chi connectivity index (χ2v) is 11.9. The molecule has 0 saturated heterocycles. The minimum Gasteiger partial charge on any atom is -0.532 e. The van der Waals surface area contributed by atoms with Gasteiger partial charge in [0.2, 0.25) is 0 Å². The summed E-state index contributed by atoms with van der Waals surface area (Å²) in [5, 5.41) is 0.188. The highest BCUT2D eigenvalue weighted by Gasteiger charge is 2.40. The molecule has 0 atom stereocenters. The highest BCUT2D eigenvalue weighted by molar-refractivity contribution is 6.74. The predicted molar refractivity (Wildman–Crippen MR) is 99.1 cm³/mol. The lowest BCUT2D eigenvalue weighted by Gasteiger charge is -2.40. The van der Waals surface area contributed by atoms with Crippen LogP contribution in [0.1, 0.15) is 33.3 Å². The smallest absolute Gasteiger partial charge is 0.252 e. The Morgan fingerprint density at radius 1 is 1.23 bits per heavy atom. The molecule has 122 valence electrons. The summed E-state index contributed by atoms with van der Waals surface area (Å²) < 4.78 is 6.52. The Labute approximate surface area is 137 Å². The van der Waals surface area contributed by atoms with E-state index in [1.54, 1.807) is 0 Å². The molecule has 0 spiro atoms. The summed E-state index contributed by atoms with van der Waals surface area (Å²) in [6, 6.07) is 10.5. The van der Waals surface area contributed by atoms with Crippen molar-refractivity contribution in [2.24, 2.45) is 0 Å². The molecule has 0 amide bonds. The minimum absolute atomic E-state index is 0.188. The van der Waals surface area contributed by atoms with Crippen LogP contribution in [-0.4, -0.2) is 19.8 Å². The molecular formula is C19H31NOSi. The zero-order chi connectivity index (χ0) is 16.8. The first-order valence-corrected chi connectivity index (χ1v) is 10.9. The fourth-order valence-corrected chi connectivity index (χ4v) is 2.99. The van der Waals surface area contributed by atoms with Crippen LogP contribution in [0.5, 0.6) is 0 Å². The van der Waals surface area contributed by atoms with Gasteiger partial charge in [-0.15, -0.1) is 6.58 Å². The molecule has 0 fully saturated rings. The third-order valence-corrected chi connectivity index (χ3v) is 8.62. The average molecular weight is 318 g/mol. The first-order valence-electron chi connectivity index (χ1n) is 7.96. The summed E-state index contributed by atoms with van der Waals surface area (Å²) in [5.74, 6) is 0.968. The quantitative estimate of drug-likeness (QED) is 0.371. The van der Waals surface area contributed by atoms with E-state index in [9.17, 15) is 0 Å². The maximum absolute atomic E-state index is 6.52. The van der Waals surface area contributed by atoms with Gasteiger partial charge in [-0.3, -0.25) is 0 Å². The molecule has 1 aromatic carbocycles. The maximum Gasteiger partial charge on any atom is 0.252 e. The summed E-state index contributed by atoms with van der Waals surface area (Å²) in [7, 11) is -1.84. The Morgan fingerprint density at radius 2 is 1.82 bits per heavy atom. The van der Waals surface area contributed by atoms with Gasteiger partial charge in [0.1, 0.15) is 0 Å². The topological polar surface area (TPSA) is 12.5 Å². The molecule has 0 aliphatic carbocycles. The van der Waals surface area contributed by atoms with Crippen LogP contribution in [0.4, 0.5) is 0 Å². The Bertz CT molecular complexity index is 500. The van der Waals surface area contributed by atoms with Gasteiger partial charge in [-0.2, -0.15) is 0 Å². The van der Waals surface area contributed by atoms with Crippen molar-refractivity contribution in [3.05, 3.63) is 60.5 Å². The zero-order valence-electron chi connectivity index (χ0n) is 15.0. The van der Waals surface area contributed by atoms with E-state index in [4.69, 9.17) is 4.43 Å². The van der Waals surface area contributed by atoms with Crippen LogP contribution in [0.15, 0.2) is 54.9 Å². The SMILES string of the molecule is C=CCN(Cc1ccccc1)/C(=C/C)O[Si](C)(C)C(C)(C)C. The van der Waals surface area contributed by atoms with Crippen molar-refractivity contribution in [1.82, 2.24) is 4.90 Å². The van der Waals surface area contributed by atoms with Crippen molar-refractivity contribution < 1.29 is 4.43 Å². The van der Waals surface area contributed by atoms with Crippen molar-refractivity contribution in [3.63, 3.8) is 0 Å². The van der Waals surface area contributed by atoms with Gasteiger partial charge < -0.3 is 9.33 Å². The van der Waals surface area contributed by atoms with Crippen LogP contribution in [0, 0.1) is 0 Å². The van der Waals surface area contributed by atoms with E-state index in [2.05, 4.69) is 75.7 Å². The van der Waals surface area contributed by atoms with E-state index in [1.165, 1.54) is 5.56 Å². The summed E-state index contributed by atoms with van der Waals surface area (Å²) in [6.07, 6.45) is 4.01. The normalized spacial score (nSPS) is 12.9. The summed E-state index contributed by atoms with van der Waals surface area (Å²) in [5.41, 5.74) is 1.28. The molecule has 0 bridgehead atoms. The summed E-state index contributed by atoms with van der Waals surface area (Å²) in [6.45, 7) is 18.9. The van der Waals surface area contributed by atoms with Crippen LogP contribution in [-0.2, 0) is 11.0 Å². The standard InChI is InChI=1S/C19H31NOSi/c1-8-15-20(16-17-13-11-10-12-14-17)18(9-2)21-22(6,7)19(3,4)5/h8-14H,1,15-16H2,2-7H3/b18-9-. The Balaban J connectivity index is 2.95. The lowest BCUT2D eigenvalue weighted by Crippen LogP contribution is -2.43. The minimum atomic E-state index is -1.84. The third kappa shape index (κ3) is 5.06. The Morgan fingerprint density at radius 3 is 2.27 bits per heavy atom. The second-order valence-electron chi connectivity index (χ2n) is 7.14. The van der Waals surface area contributed by atoms with Crippen molar-refractivity contribution in [3.8, 4) is 0 Å². The van der Waals surface area contributed by atoms with E-state index in [0.29, 0.717) is 0 Å². The second kappa shape index (κ2) is 7.68. The molecule has 3 heteroatoms. The summed E-state index contributed by atoms with van der Waals surface area (Å²) >= 11 is 0. The number of rotatable bonds is 7. The first kappa shape index (κ1) is 18.6. The van der Waals surface area contributed by atoms with Gasteiger partial charge in [-0.05, 0) is 36.7 Å². The molecule has 0 radical (unpaired) electrons. The lowest BCUT2D eigenvalue weighted by atomic mass is 10.2. The average Bonchev–Trinajstić information content (AvgIpc) is 2.44. The zero-order valence-corrected chi connectivity index (χ0v) is 16.0.